The van der Waals surface area contributed by atoms with Crippen LogP contribution in [-0.2, 0) is 6.42 Å². The molecule has 13 heavy (non-hydrogen) atoms. The van der Waals surface area contributed by atoms with E-state index in [1.165, 1.54) is 11.3 Å². The van der Waals surface area contributed by atoms with Crippen molar-refractivity contribution in [2.75, 3.05) is 0 Å². The number of aryl methyl sites for hydroxylation is 1. The molecule has 0 atom stereocenters. The van der Waals surface area contributed by atoms with Crippen LogP contribution in [0.2, 0.25) is 0 Å². The van der Waals surface area contributed by atoms with Crippen LogP contribution in [0.5, 0.6) is 0 Å². The minimum absolute atomic E-state index is 0.289. The Hall–Kier alpha value is -1.16. The smallest absolute Gasteiger partial charge is 0.194 e. The van der Waals surface area contributed by atoms with Gasteiger partial charge in [0.25, 0.3) is 0 Å². The Balaban J connectivity index is 2.37. The number of ketones is 1. The summed E-state index contributed by atoms with van der Waals surface area (Å²) in [6, 6.07) is 0. The predicted octanol–water partition coefficient (Wildman–Crippen LogP) is 1.91. The van der Waals surface area contributed by atoms with Crippen molar-refractivity contribution in [1.29, 1.82) is 0 Å². The summed E-state index contributed by atoms with van der Waals surface area (Å²) in [4.78, 5) is 17.6. The first-order chi connectivity index (χ1) is 6.36. The molecule has 2 heterocycles. The average molecular weight is 192 g/mol. The molecular weight excluding hydrogens is 184 g/mol. The number of nitrogens with zero attached hydrogens (tertiary/aromatic N) is 2. The Bertz CT molecular complexity index is 483. The summed E-state index contributed by atoms with van der Waals surface area (Å²) in [7, 11) is 0. The van der Waals surface area contributed by atoms with Crippen molar-refractivity contribution >= 4 is 22.1 Å². The summed E-state index contributed by atoms with van der Waals surface area (Å²) >= 11 is 1.52. The molecule has 2 aromatic heterocycles. The van der Waals surface area contributed by atoms with Gasteiger partial charge in [-0.25, -0.2) is 4.98 Å². The van der Waals surface area contributed by atoms with Gasteiger partial charge in [0.2, 0.25) is 0 Å². The van der Waals surface area contributed by atoms with Crippen molar-refractivity contribution in [1.82, 2.24) is 9.38 Å². The van der Waals surface area contributed by atoms with Gasteiger partial charge in [-0.3, -0.25) is 9.20 Å². The third kappa shape index (κ3) is 0.891. The van der Waals surface area contributed by atoms with Crippen molar-refractivity contribution in [2.45, 2.75) is 19.3 Å². The van der Waals surface area contributed by atoms with Crippen molar-refractivity contribution in [3.05, 3.63) is 23.0 Å². The molecule has 0 radical (unpaired) electrons. The molecule has 1 aliphatic carbocycles. The number of thiazole rings is 1. The number of carbonyl (C=O) groups excluding carboxylic acids is 1. The molecule has 0 spiro atoms. The molecule has 3 nitrogen and oxygen atoms in total. The van der Waals surface area contributed by atoms with Crippen LogP contribution < -0.4 is 0 Å². The fourth-order valence-electron chi connectivity index (χ4n) is 1.81. The van der Waals surface area contributed by atoms with Gasteiger partial charge in [0.05, 0.1) is 4.88 Å². The topological polar surface area (TPSA) is 34.4 Å². The standard InChI is InChI=1S/C9H8N2OS/c12-7-3-1-2-6-8(7)13-9-10-4-5-11(6)9/h4-5H,1-3H2. The summed E-state index contributed by atoms with van der Waals surface area (Å²) in [5.41, 5.74) is 1.16. The first-order valence-corrected chi connectivity index (χ1v) is 5.16. The second-order valence-electron chi connectivity index (χ2n) is 3.23. The van der Waals surface area contributed by atoms with Crippen LogP contribution in [0.15, 0.2) is 12.4 Å². The van der Waals surface area contributed by atoms with Crippen LogP contribution >= 0.6 is 11.3 Å². The number of aromatic nitrogens is 2. The second-order valence-corrected chi connectivity index (χ2v) is 4.21. The number of hydrogen-bond acceptors (Lipinski definition) is 3. The molecule has 0 saturated carbocycles. The van der Waals surface area contributed by atoms with E-state index in [1.54, 1.807) is 6.20 Å². The molecule has 66 valence electrons. The third-order valence-corrected chi connectivity index (χ3v) is 3.58. The van der Waals surface area contributed by atoms with Gasteiger partial charge < -0.3 is 0 Å². The zero-order valence-electron chi connectivity index (χ0n) is 6.99. The third-order valence-electron chi connectivity index (χ3n) is 2.42. The lowest BCUT2D eigenvalue weighted by molar-refractivity contribution is 0.0976. The van der Waals surface area contributed by atoms with E-state index in [2.05, 4.69) is 4.98 Å². The Morgan fingerprint density at radius 1 is 1.46 bits per heavy atom. The minimum atomic E-state index is 0.289. The highest BCUT2D eigenvalue weighted by molar-refractivity contribution is 7.19. The largest absolute Gasteiger partial charge is 0.294 e. The van der Waals surface area contributed by atoms with Gasteiger partial charge in [-0.2, -0.15) is 0 Å². The summed E-state index contributed by atoms with van der Waals surface area (Å²) in [6.45, 7) is 0. The first-order valence-electron chi connectivity index (χ1n) is 4.34. The Morgan fingerprint density at radius 3 is 3.31 bits per heavy atom. The monoisotopic (exact) mass is 192 g/mol. The van der Waals surface area contributed by atoms with Crippen LogP contribution in [0.1, 0.15) is 28.2 Å². The van der Waals surface area contributed by atoms with Gasteiger partial charge in [-0.15, -0.1) is 0 Å². The average Bonchev–Trinajstić information content (AvgIpc) is 2.65. The van der Waals surface area contributed by atoms with Gasteiger partial charge in [0.1, 0.15) is 0 Å². The van der Waals surface area contributed by atoms with E-state index in [9.17, 15) is 4.79 Å². The summed E-state index contributed by atoms with van der Waals surface area (Å²) in [6.07, 6.45) is 6.42. The molecule has 0 aliphatic heterocycles. The number of rotatable bonds is 0. The van der Waals surface area contributed by atoms with Crippen LogP contribution in [0.25, 0.3) is 4.96 Å². The fourth-order valence-corrected chi connectivity index (χ4v) is 2.91. The van der Waals surface area contributed by atoms with Gasteiger partial charge >= 0.3 is 0 Å². The van der Waals surface area contributed by atoms with Crippen molar-refractivity contribution < 1.29 is 4.79 Å². The van der Waals surface area contributed by atoms with Gasteiger partial charge in [-0.1, -0.05) is 11.3 Å². The summed E-state index contributed by atoms with van der Waals surface area (Å²) in [5.74, 6) is 0.289. The van der Waals surface area contributed by atoms with Crippen molar-refractivity contribution in [2.24, 2.45) is 0 Å². The lowest BCUT2D eigenvalue weighted by atomic mass is 10.0. The van der Waals surface area contributed by atoms with Gasteiger partial charge in [0, 0.05) is 24.5 Å². The van der Waals surface area contributed by atoms with Gasteiger partial charge in [0.15, 0.2) is 10.7 Å². The van der Waals surface area contributed by atoms with E-state index in [0.717, 1.165) is 28.4 Å². The van der Waals surface area contributed by atoms with Gasteiger partial charge in [-0.05, 0) is 12.8 Å². The molecule has 4 heteroatoms. The Kier molecular flexibility index (Phi) is 1.35. The number of imidazole rings is 1. The van der Waals surface area contributed by atoms with Crippen molar-refractivity contribution in [3.8, 4) is 0 Å². The molecule has 2 aromatic rings. The van der Waals surface area contributed by atoms with E-state index in [4.69, 9.17) is 0 Å². The van der Waals surface area contributed by atoms with Crippen LogP contribution in [0.3, 0.4) is 0 Å². The van der Waals surface area contributed by atoms with E-state index >= 15 is 0 Å². The highest BCUT2D eigenvalue weighted by atomic mass is 32.1. The van der Waals surface area contributed by atoms with E-state index in [-0.39, 0.29) is 5.78 Å². The zero-order valence-corrected chi connectivity index (χ0v) is 7.80. The quantitative estimate of drug-likeness (QED) is 0.639. The maximum atomic E-state index is 11.5. The first kappa shape index (κ1) is 7.26. The highest BCUT2D eigenvalue weighted by Gasteiger charge is 2.22. The highest BCUT2D eigenvalue weighted by Crippen LogP contribution is 2.28. The summed E-state index contributed by atoms with van der Waals surface area (Å²) in [5, 5.41) is 0. The lowest BCUT2D eigenvalue weighted by Crippen LogP contribution is -2.09. The molecule has 0 bridgehead atoms. The molecule has 3 rings (SSSR count). The molecule has 0 N–H and O–H groups in total. The number of carbonyl (C=O) groups is 1. The van der Waals surface area contributed by atoms with E-state index < -0.39 is 0 Å². The molecular formula is C9H8N2OS. The van der Waals surface area contributed by atoms with Crippen LogP contribution in [-0.4, -0.2) is 15.2 Å². The maximum absolute atomic E-state index is 11.5. The summed E-state index contributed by atoms with van der Waals surface area (Å²) < 4.78 is 2.04. The zero-order chi connectivity index (χ0) is 8.84. The van der Waals surface area contributed by atoms with Crippen LogP contribution in [0, 0.1) is 0 Å². The molecule has 0 amide bonds. The normalized spacial score (nSPS) is 16.5. The van der Waals surface area contributed by atoms with Crippen LogP contribution in [0.4, 0.5) is 0 Å². The maximum Gasteiger partial charge on any atom is 0.194 e. The SMILES string of the molecule is O=C1CCCc2c1sc1nccn21. The second kappa shape index (κ2) is 2.42. The Morgan fingerprint density at radius 2 is 2.38 bits per heavy atom. The van der Waals surface area contributed by atoms with Crippen molar-refractivity contribution in [3.63, 3.8) is 0 Å². The number of hydrogen-bond donors (Lipinski definition) is 0. The predicted molar refractivity (Wildman–Crippen MR) is 50.3 cm³/mol. The lowest BCUT2D eigenvalue weighted by Gasteiger charge is -2.08. The molecule has 0 aromatic carbocycles. The van der Waals surface area contributed by atoms with E-state index in [1.807, 2.05) is 10.6 Å². The molecule has 0 unspecified atom stereocenters. The van der Waals surface area contributed by atoms with E-state index in [0.29, 0.717) is 6.42 Å². The molecule has 1 aliphatic rings. The Labute approximate surface area is 79.0 Å². The molecule has 0 saturated heterocycles. The minimum Gasteiger partial charge on any atom is -0.294 e. The fraction of sp³-hybridized carbons (Fsp3) is 0.333. The number of fused-ring (bicyclic) bond motifs is 3. The molecule has 0 fully saturated rings. The number of Topliss-reactive ketones (excluding diaryl/α,β-unsaturated/α-hetero) is 1.